The van der Waals surface area contributed by atoms with E-state index < -0.39 is 0 Å². The molecule has 0 N–H and O–H groups in total. The molecule has 0 spiro atoms. The maximum atomic E-state index is 5.70. The van der Waals surface area contributed by atoms with Gasteiger partial charge in [-0.05, 0) is 20.0 Å². The molecule has 0 aromatic rings. The third kappa shape index (κ3) is 4.72. The standard InChI is InChI=1S/C4H10ClP/c1-4(2,5)3-6/h3,6H2,1-2H3. The van der Waals surface area contributed by atoms with E-state index in [2.05, 4.69) is 9.24 Å². The van der Waals surface area contributed by atoms with Crippen molar-refractivity contribution in [1.82, 2.24) is 0 Å². The van der Waals surface area contributed by atoms with Crippen LogP contribution in [0.4, 0.5) is 0 Å². The summed E-state index contributed by atoms with van der Waals surface area (Å²) in [5.74, 6) is 0. The summed E-state index contributed by atoms with van der Waals surface area (Å²) in [4.78, 5) is -0.0231. The predicted octanol–water partition coefficient (Wildman–Crippen LogP) is 1.88. The zero-order valence-corrected chi connectivity index (χ0v) is 6.07. The van der Waals surface area contributed by atoms with Gasteiger partial charge >= 0.3 is 0 Å². The molecule has 0 aromatic heterocycles. The minimum absolute atomic E-state index is 0.0231. The van der Waals surface area contributed by atoms with Gasteiger partial charge in [0.2, 0.25) is 0 Å². The summed E-state index contributed by atoms with van der Waals surface area (Å²) in [6.07, 6.45) is 0.953. The van der Waals surface area contributed by atoms with Crippen molar-refractivity contribution >= 4 is 20.8 Å². The molecule has 0 fully saturated rings. The third-order valence-electron chi connectivity index (χ3n) is 0.485. The molecule has 0 nitrogen and oxygen atoms in total. The highest BCUT2D eigenvalue weighted by Crippen LogP contribution is 2.14. The molecule has 0 saturated carbocycles. The summed E-state index contributed by atoms with van der Waals surface area (Å²) in [5, 5.41) is 0. The Kier molecular flexibility index (Phi) is 2.39. The van der Waals surface area contributed by atoms with Crippen LogP contribution in [0.15, 0.2) is 0 Å². The molecule has 2 heteroatoms. The summed E-state index contributed by atoms with van der Waals surface area (Å²) in [6.45, 7) is 3.98. The number of alkyl halides is 1. The van der Waals surface area contributed by atoms with E-state index >= 15 is 0 Å². The zero-order chi connectivity index (χ0) is 5.21. The van der Waals surface area contributed by atoms with Crippen molar-refractivity contribution in [3.05, 3.63) is 0 Å². The third-order valence-corrected chi connectivity index (χ3v) is 1.92. The second kappa shape index (κ2) is 2.14. The minimum atomic E-state index is -0.0231. The van der Waals surface area contributed by atoms with Crippen molar-refractivity contribution in [2.24, 2.45) is 0 Å². The molecule has 1 unspecified atom stereocenters. The van der Waals surface area contributed by atoms with Gasteiger partial charge < -0.3 is 0 Å². The molecule has 6 heavy (non-hydrogen) atoms. The van der Waals surface area contributed by atoms with Crippen molar-refractivity contribution < 1.29 is 0 Å². The van der Waals surface area contributed by atoms with Crippen LogP contribution in [0.5, 0.6) is 0 Å². The first-order chi connectivity index (χ1) is 2.56. The van der Waals surface area contributed by atoms with E-state index in [1.807, 2.05) is 13.8 Å². The highest BCUT2D eigenvalue weighted by Gasteiger charge is 2.07. The molecule has 0 aliphatic heterocycles. The number of hydrogen-bond acceptors (Lipinski definition) is 0. The Balaban J connectivity index is 3.17. The van der Waals surface area contributed by atoms with Gasteiger partial charge in [-0.25, -0.2) is 0 Å². The van der Waals surface area contributed by atoms with E-state index in [9.17, 15) is 0 Å². The van der Waals surface area contributed by atoms with Gasteiger partial charge in [0.25, 0.3) is 0 Å². The molecule has 0 aliphatic carbocycles. The van der Waals surface area contributed by atoms with Crippen LogP contribution in [0.3, 0.4) is 0 Å². The molecule has 0 saturated heterocycles. The van der Waals surface area contributed by atoms with Crippen LogP contribution in [0, 0.1) is 0 Å². The maximum absolute atomic E-state index is 5.70. The van der Waals surface area contributed by atoms with Gasteiger partial charge in [-0.1, -0.05) is 0 Å². The van der Waals surface area contributed by atoms with Crippen LogP contribution in [0.25, 0.3) is 0 Å². The zero-order valence-electron chi connectivity index (χ0n) is 4.16. The second-order valence-corrected chi connectivity index (χ2v) is 3.35. The van der Waals surface area contributed by atoms with E-state index in [0.29, 0.717) is 0 Å². The first-order valence-electron chi connectivity index (χ1n) is 1.95. The van der Waals surface area contributed by atoms with Crippen molar-refractivity contribution in [3.63, 3.8) is 0 Å². The van der Waals surface area contributed by atoms with Gasteiger partial charge in [0, 0.05) is 4.87 Å². The average molecular weight is 125 g/mol. The molecule has 0 rings (SSSR count). The fourth-order valence-corrected chi connectivity index (χ4v) is 0. The van der Waals surface area contributed by atoms with Crippen LogP contribution in [0.1, 0.15) is 13.8 Å². The fraction of sp³-hybridized carbons (Fsp3) is 1.00. The summed E-state index contributed by atoms with van der Waals surface area (Å²) >= 11 is 5.70. The quantitative estimate of drug-likeness (QED) is 0.370. The molecule has 0 aliphatic rings. The Labute approximate surface area is 46.5 Å². The van der Waals surface area contributed by atoms with E-state index in [1.165, 1.54) is 0 Å². The lowest BCUT2D eigenvalue weighted by molar-refractivity contribution is 0.801. The molecule has 1 atom stereocenters. The van der Waals surface area contributed by atoms with Gasteiger partial charge in [0.1, 0.15) is 0 Å². The first-order valence-corrected chi connectivity index (χ1v) is 3.15. The topological polar surface area (TPSA) is 0 Å². The first kappa shape index (κ1) is 6.72. The largest absolute Gasteiger partial charge is 0.136 e. The highest BCUT2D eigenvalue weighted by molar-refractivity contribution is 7.16. The van der Waals surface area contributed by atoms with Crippen molar-refractivity contribution in [3.8, 4) is 0 Å². The summed E-state index contributed by atoms with van der Waals surface area (Å²) in [7, 11) is 2.59. The average Bonchev–Trinajstić information content (AvgIpc) is 1.35. The van der Waals surface area contributed by atoms with Crippen LogP contribution in [-0.2, 0) is 0 Å². The molecule has 0 amide bonds. The Morgan fingerprint density at radius 1 is 1.67 bits per heavy atom. The van der Waals surface area contributed by atoms with Crippen molar-refractivity contribution in [1.29, 1.82) is 0 Å². The van der Waals surface area contributed by atoms with Crippen LogP contribution in [-0.4, -0.2) is 11.0 Å². The van der Waals surface area contributed by atoms with Gasteiger partial charge in [0.15, 0.2) is 0 Å². The Bertz CT molecular complexity index is 37.3. The molecule has 0 heterocycles. The van der Waals surface area contributed by atoms with Crippen molar-refractivity contribution in [2.75, 3.05) is 6.16 Å². The van der Waals surface area contributed by atoms with Crippen LogP contribution in [0.2, 0.25) is 0 Å². The van der Waals surface area contributed by atoms with Gasteiger partial charge in [0.05, 0.1) is 0 Å². The van der Waals surface area contributed by atoms with Crippen LogP contribution >= 0.6 is 20.8 Å². The van der Waals surface area contributed by atoms with Crippen LogP contribution < -0.4 is 0 Å². The Morgan fingerprint density at radius 3 is 1.83 bits per heavy atom. The SMILES string of the molecule is CC(C)(Cl)CP. The lowest BCUT2D eigenvalue weighted by Gasteiger charge is -2.09. The van der Waals surface area contributed by atoms with E-state index in [-0.39, 0.29) is 4.87 Å². The van der Waals surface area contributed by atoms with Gasteiger partial charge in [-0.3, -0.25) is 0 Å². The van der Waals surface area contributed by atoms with E-state index in [0.717, 1.165) is 6.16 Å². The highest BCUT2D eigenvalue weighted by atomic mass is 35.5. The Hall–Kier alpha value is 0.720. The lowest BCUT2D eigenvalue weighted by Crippen LogP contribution is -2.10. The molecular formula is C4H10ClP. The normalized spacial score (nSPS) is 12.0. The lowest BCUT2D eigenvalue weighted by atomic mass is 10.3. The van der Waals surface area contributed by atoms with Crippen molar-refractivity contribution in [2.45, 2.75) is 18.7 Å². The van der Waals surface area contributed by atoms with Gasteiger partial charge in [-0.15, -0.1) is 20.8 Å². The second-order valence-electron chi connectivity index (χ2n) is 1.92. The monoisotopic (exact) mass is 124 g/mol. The van der Waals surface area contributed by atoms with E-state index in [4.69, 9.17) is 11.6 Å². The predicted molar refractivity (Wildman–Crippen MR) is 34.5 cm³/mol. The molecule has 0 radical (unpaired) electrons. The summed E-state index contributed by atoms with van der Waals surface area (Å²) < 4.78 is 0. The molecule has 38 valence electrons. The molecule has 0 aromatic carbocycles. The Morgan fingerprint density at radius 2 is 1.83 bits per heavy atom. The molecule has 0 bridgehead atoms. The summed E-state index contributed by atoms with van der Waals surface area (Å²) in [6, 6.07) is 0. The fourth-order valence-electron chi connectivity index (χ4n) is 0. The minimum Gasteiger partial charge on any atom is -0.136 e. The molecular weight excluding hydrogens is 114 g/mol. The number of halogens is 1. The number of rotatable bonds is 1. The summed E-state index contributed by atoms with van der Waals surface area (Å²) in [5.41, 5.74) is 0. The van der Waals surface area contributed by atoms with Gasteiger partial charge in [-0.2, -0.15) is 0 Å². The van der Waals surface area contributed by atoms with E-state index in [1.54, 1.807) is 0 Å². The smallest absolute Gasteiger partial charge is 0.0425 e. The maximum Gasteiger partial charge on any atom is 0.0425 e. The number of hydrogen-bond donors (Lipinski definition) is 0.